The van der Waals surface area contributed by atoms with Crippen molar-refractivity contribution in [1.82, 2.24) is 20.1 Å². The fraction of sp³-hybridized carbons (Fsp3) is 0.208. The van der Waals surface area contributed by atoms with Gasteiger partial charge in [0, 0.05) is 17.8 Å². The van der Waals surface area contributed by atoms with E-state index in [0.29, 0.717) is 34.1 Å². The van der Waals surface area contributed by atoms with Gasteiger partial charge in [0.05, 0.1) is 42.3 Å². The molecule has 0 aliphatic heterocycles. The molecule has 2 aromatic carbocycles. The number of sulfone groups is 1. The van der Waals surface area contributed by atoms with Gasteiger partial charge in [-0.25, -0.2) is 17.5 Å². The highest BCUT2D eigenvalue weighted by Gasteiger charge is 2.21. The van der Waals surface area contributed by atoms with Crippen LogP contribution in [0.5, 0.6) is 5.75 Å². The summed E-state index contributed by atoms with van der Waals surface area (Å²) < 4.78 is 44.1. The van der Waals surface area contributed by atoms with Crippen LogP contribution in [0.1, 0.15) is 35.3 Å². The Labute approximate surface area is 196 Å². The molecule has 0 unspecified atom stereocenters. The highest BCUT2D eigenvalue weighted by molar-refractivity contribution is 7.90. The van der Waals surface area contributed by atoms with E-state index in [1.54, 1.807) is 41.3 Å². The lowest BCUT2D eigenvalue weighted by molar-refractivity contribution is 0.0936. The highest BCUT2D eigenvalue weighted by Crippen LogP contribution is 2.29. The second-order valence-corrected chi connectivity index (χ2v) is 9.75. The molecule has 0 aliphatic carbocycles. The maximum absolute atomic E-state index is 13.3. The molecule has 2 heterocycles. The summed E-state index contributed by atoms with van der Waals surface area (Å²) in [6, 6.07) is 10.2. The van der Waals surface area contributed by atoms with Gasteiger partial charge in [0.1, 0.15) is 16.5 Å². The number of pyridine rings is 1. The van der Waals surface area contributed by atoms with Crippen molar-refractivity contribution in [3.8, 4) is 11.4 Å². The third-order valence-corrected chi connectivity index (χ3v) is 6.65. The van der Waals surface area contributed by atoms with Crippen molar-refractivity contribution >= 4 is 26.6 Å². The Hall–Kier alpha value is -3.79. The molecular formula is C24H23FN4O4S. The van der Waals surface area contributed by atoms with Crippen LogP contribution in [0.15, 0.2) is 66.0 Å². The maximum atomic E-state index is 13.3. The molecule has 10 heteroatoms. The summed E-state index contributed by atoms with van der Waals surface area (Å²) in [4.78, 5) is 17.5. The van der Waals surface area contributed by atoms with Gasteiger partial charge in [0.25, 0.3) is 5.91 Å². The number of carbonyl (C=O) groups excluding carboxylic acids is 1. The van der Waals surface area contributed by atoms with E-state index in [2.05, 4.69) is 15.4 Å². The first-order valence-corrected chi connectivity index (χ1v) is 12.4. The number of rotatable bonds is 7. The molecule has 176 valence electrons. The smallest absolute Gasteiger partial charge is 0.254 e. The fourth-order valence-corrected chi connectivity index (χ4v) is 4.60. The van der Waals surface area contributed by atoms with Crippen LogP contribution in [0.4, 0.5) is 4.39 Å². The molecule has 1 atom stereocenters. The minimum Gasteiger partial charge on any atom is -0.495 e. The van der Waals surface area contributed by atoms with Gasteiger partial charge in [-0.1, -0.05) is 13.0 Å². The molecule has 8 nitrogen and oxygen atoms in total. The molecule has 0 saturated carbocycles. The lowest BCUT2D eigenvalue weighted by Gasteiger charge is -2.19. The number of nitrogens with zero attached hydrogens (tertiary/aromatic N) is 3. The first-order valence-electron chi connectivity index (χ1n) is 10.5. The van der Waals surface area contributed by atoms with Crippen molar-refractivity contribution in [1.29, 1.82) is 0 Å². The van der Waals surface area contributed by atoms with Crippen molar-refractivity contribution in [2.75, 3.05) is 13.4 Å². The van der Waals surface area contributed by atoms with Crippen LogP contribution in [-0.4, -0.2) is 42.5 Å². The number of halogens is 1. The van der Waals surface area contributed by atoms with Gasteiger partial charge in [0.2, 0.25) is 0 Å². The van der Waals surface area contributed by atoms with Gasteiger partial charge in [0.15, 0.2) is 9.84 Å². The Morgan fingerprint density at radius 3 is 2.53 bits per heavy atom. The standard InChI is InChI=1S/C24H23FN4O4S/c1-4-20(15-5-10-23(34(3,31)32)22(11-15)33-2)28-24(30)19-12-26-14-21-18(19)13-27-29(21)17-8-6-16(25)7-9-17/h5-14,20H,4H2,1-3H3,(H,28,30)/t20-/m0/s1. The molecule has 0 spiro atoms. The quantitative estimate of drug-likeness (QED) is 0.429. The van der Waals surface area contributed by atoms with Crippen LogP contribution >= 0.6 is 0 Å². The van der Waals surface area contributed by atoms with Gasteiger partial charge in [-0.05, 0) is 48.4 Å². The predicted octanol–water partition coefficient (Wildman–Crippen LogP) is 3.85. The summed E-state index contributed by atoms with van der Waals surface area (Å²) in [6.07, 6.45) is 6.30. The molecule has 0 saturated heterocycles. The molecular weight excluding hydrogens is 459 g/mol. The molecule has 1 amide bonds. The summed E-state index contributed by atoms with van der Waals surface area (Å²) >= 11 is 0. The summed E-state index contributed by atoms with van der Waals surface area (Å²) in [5.41, 5.74) is 2.29. The number of ether oxygens (including phenoxy) is 1. The molecule has 4 aromatic rings. The fourth-order valence-electron chi connectivity index (χ4n) is 3.77. The monoisotopic (exact) mass is 482 g/mol. The molecule has 2 aromatic heterocycles. The number of carbonyl (C=O) groups is 1. The van der Waals surface area contributed by atoms with Crippen molar-refractivity contribution in [3.63, 3.8) is 0 Å². The Kier molecular flexibility index (Phi) is 6.34. The number of aromatic nitrogens is 3. The van der Waals surface area contributed by atoms with E-state index >= 15 is 0 Å². The Bertz CT molecular complexity index is 1470. The normalized spacial score (nSPS) is 12.5. The van der Waals surface area contributed by atoms with Crippen molar-refractivity contribution in [2.24, 2.45) is 0 Å². The minimum absolute atomic E-state index is 0.0853. The van der Waals surface area contributed by atoms with Crippen LogP contribution in [-0.2, 0) is 9.84 Å². The molecule has 4 rings (SSSR count). The summed E-state index contributed by atoms with van der Waals surface area (Å²) in [5.74, 6) is -0.489. The summed E-state index contributed by atoms with van der Waals surface area (Å²) in [7, 11) is -2.06. The van der Waals surface area contributed by atoms with Crippen LogP contribution < -0.4 is 10.1 Å². The Morgan fingerprint density at radius 2 is 1.88 bits per heavy atom. The SMILES string of the molecule is CC[C@H](NC(=O)c1cncc2c1cnn2-c1ccc(F)cc1)c1ccc(S(C)(=O)=O)c(OC)c1. The van der Waals surface area contributed by atoms with Crippen molar-refractivity contribution in [2.45, 2.75) is 24.3 Å². The lowest BCUT2D eigenvalue weighted by atomic mass is 10.0. The second kappa shape index (κ2) is 9.22. The molecule has 34 heavy (non-hydrogen) atoms. The van der Waals surface area contributed by atoms with E-state index in [9.17, 15) is 17.6 Å². The first kappa shape index (κ1) is 23.4. The zero-order valence-electron chi connectivity index (χ0n) is 18.8. The van der Waals surface area contributed by atoms with E-state index in [0.717, 1.165) is 6.26 Å². The zero-order chi connectivity index (χ0) is 24.5. The average Bonchev–Trinajstić information content (AvgIpc) is 3.26. The first-order chi connectivity index (χ1) is 16.2. The largest absolute Gasteiger partial charge is 0.495 e. The third-order valence-electron chi connectivity index (χ3n) is 5.52. The number of amides is 1. The van der Waals surface area contributed by atoms with Crippen LogP contribution in [0.25, 0.3) is 16.6 Å². The number of fused-ring (bicyclic) bond motifs is 1. The number of hydrogen-bond acceptors (Lipinski definition) is 6. The lowest BCUT2D eigenvalue weighted by Crippen LogP contribution is -2.28. The topological polar surface area (TPSA) is 103 Å². The van der Waals surface area contributed by atoms with Gasteiger partial charge >= 0.3 is 0 Å². The molecule has 0 bridgehead atoms. The minimum atomic E-state index is -3.46. The van der Waals surface area contributed by atoms with E-state index in [4.69, 9.17) is 4.74 Å². The third kappa shape index (κ3) is 4.49. The van der Waals surface area contributed by atoms with Gasteiger partial charge in [-0.3, -0.25) is 9.78 Å². The van der Waals surface area contributed by atoms with Crippen molar-refractivity contribution in [3.05, 3.63) is 78.0 Å². The zero-order valence-corrected chi connectivity index (χ0v) is 19.6. The van der Waals surface area contributed by atoms with Crippen LogP contribution in [0.2, 0.25) is 0 Å². The van der Waals surface area contributed by atoms with E-state index in [1.807, 2.05) is 6.92 Å². The molecule has 0 aliphatic rings. The van der Waals surface area contributed by atoms with Gasteiger partial charge in [-0.2, -0.15) is 5.10 Å². The van der Waals surface area contributed by atoms with Crippen LogP contribution in [0.3, 0.4) is 0 Å². The predicted molar refractivity (Wildman–Crippen MR) is 125 cm³/mol. The molecule has 0 radical (unpaired) electrons. The number of benzene rings is 2. The van der Waals surface area contributed by atoms with Gasteiger partial charge < -0.3 is 10.1 Å². The van der Waals surface area contributed by atoms with Gasteiger partial charge in [-0.15, -0.1) is 0 Å². The highest BCUT2D eigenvalue weighted by atomic mass is 32.2. The van der Waals surface area contributed by atoms with Crippen molar-refractivity contribution < 1.29 is 22.3 Å². The Balaban J connectivity index is 1.65. The number of nitrogens with one attached hydrogen (secondary N) is 1. The Morgan fingerprint density at radius 1 is 1.15 bits per heavy atom. The number of methoxy groups -OCH3 is 1. The summed E-state index contributed by atoms with van der Waals surface area (Å²) in [6.45, 7) is 1.91. The van der Waals surface area contributed by atoms with E-state index in [1.165, 1.54) is 31.5 Å². The van der Waals surface area contributed by atoms with E-state index < -0.39 is 15.9 Å². The molecule has 0 fully saturated rings. The number of hydrogen-bond donors (Lipinski definition) is 1. The summed E-state index contributed by atoms with van der Waals surface area (Å²) in [5, 5.41) is 7.93. The average molecular weight is 483 g/mol. The maximum Gasteiger partial charge on any atom is 0.254 e. The van der Waals surface area contributed by atoms with Crippen LogP contribution in [0, 0.1) is 5.82 Å². The second-order valence-electron chi connectivity index (χ2n) is 7.77. The van der Waals surface area contributed by atoms with E-state index in [-0.39, 0.29) is 22.4 Å². The molecule has 1 N–H and O–H groups in total.